The Balaban J connectivity index is 2.39. The van der Waals surface area contributed by atoms with Gasteiger partial charge in [-0.25, -0.2) is 4.79 Å². The van der Waals surface area contributed by atoms with E-state index in [9.17, 15) is 9.59 Å². The number of carbonyl (C=O) groups is 2. The topological polar surface area (TPSA) is 67.4 Å². The molecule has 1 aromatic heterocycles. The fourth-order valence-electron chi connectivity index (χ4n) is 2.01. The van der Waals surface area contributed by atoms with Crippen molar-refractivity contribution in [3.8, 4) is 0 Å². The molecule has 5 nitrogen and oxygen atoms in total. The number of hydrogen-bond donors (Lipinski definition) is 2. The van der Waals surface area contributed by atoms with E-state index in [0.717, 1.165) is 11.3 Å². The summed E-state index contributed by atoms with van der Waals surface area (Å²) in [7, 11) is 0. The standard InChI is InChI=1S/C16H18N2O3S/c1-4-21-16(20)13-11(3)14(17-9-19)22-15(13)18-12-7-5-10(2)6-8-12/h5-9,18H,4H2,1-3H3,(H,17,19). The number of anilines is 3. The lowest BCUT2D eigenvalue weighted by Gasteiger charge is -2.08. The highest BCUT2D eigenvalue weighted by Gasteiger charge is 2.22. The fraction of sp³-hybridized carbons (Fsp3) is 0.250. The summed E-state index contributed by atoms with van der Waals surface area (Å²) < 4.78 is 5.11. The number of rotatable bonds is 6. The van der Waals surface area contributed by atoms with E-state index in [1.807, 2.05) is 31.2 Å². The lowest BCUT2D eigenvalue weighted by atomic mass is 10.2. The van der Waals surface area contributed by atoms with Crippen LogP contribution in [0, 0.1) is 13.8 Å². The Labute approximate surface area is 133 Å². The van der Waals surface area contributed by atoms with Crippen molar-refractivity contribution in [3.05, 3.63) is 41.0 Å². The average Bonchev–Trinajstić information content (AvgIpc) is 2.78. The van der Waals surface area contributed by atoms with Crippen molar-refractivity contribution in [2.45, 2.75) is 20.8 Å². The summed E-state index contributed by atoms with van der Waals surface area (Å²) in [6.45, 7) is 5.86. The first kappa shape index (κ1) is 16.0. The van der Waals surface area contributed by atoms with Crippen LogP contribution in [0.25, 0.3) is 0 Å². The molecule has 0 aliphatic carbocycles. The van der Waals surface area contributed by atoms with Gasteiger partial charge < -0.3 is 15.4 Å². The van der Waals surface area contributed by atoms with Gasteiger partial charge in [-0.2, -0.15) is 0 Å². The van der Waals surface area contributed by atoms with Crippen molar-refractivity contribution < 1.29 is 14.3 Å². The largest absolute Gasteiger partial charge is 0.462 e. The second-order valence-corrected chi connectivity index (χ2v) is 5.75. The number of hydrogen-bond acceptors (Lipinski definition) is 5. The summed E-state index contributed by atoms with van der Waals surface area (Å²) in [4.78, 5) is 22.9. The number of amides is 1. The molecular formula is C16H18N2O3S. The van der Waals surface area contributed by atoms with Crippen molar-refractivity contribution in [1.29, 1.82) is 0 Å². The van der Waals surface area contributed by atoms with Gasteiger partial charge in [0.15, 0.2) is 0 Å². The van der Waals surface area contributed by atoms with Crippen molar-refractivity contribution >= 4 is 39.4 Å². The third-order valence-electron chi connectivity index (χ3n) is 3.13. The van der Waals surface area contributed by atoms with Gasteiger partial charge in [0.25, 0.3) is 0 Å². The molecule has 1 heterocycles. The van der Waals surface area contributed by atoms with Crippen LogP contribution in [-0.2, 0) is 9.53 Å². The maximum atomic E-state index is 12.2. The first-order valence-corrected chi connectivity index (χ1v) is 7.72. The van der Waals surface area contributed by atoms with Crippen molar-refractivity contribution in [2.24, 2.45) is 0 Å². The van der Waals surface area contributed by atoms with Crippen molar-refractivity contribution in [3.63, 3.8) is 0 Å². The van der Waals surface area contributed by atoms with Crippen LogP contribution in [0.2, 0.25) is 0 Å². The second kappa shape index (κ2) is 7.09. The Morgan fingerprint density at radius 3 is 2.50 bits per heavy atom. The first-order valence-electron chi connectivity index (χ1n) is 6.91. The molecule has 1 amide bonds. The Bertz CT molecular complexity index is 677. The molecule has 0 saturated heterocycles. The Morgan fingerprint density at radius 1 is 1.23 bits per heavy atom. The number of thiophene rings is 1. The van der Waals surface area contributed by atoms with Crippen LogP contribution in [0.3, 0.4) is 0 Å². The molecule has 116 valence electrons. The van der Waals surface area contributed by atoms with Crippen molar-refractivity contribution in [1.82, 2.24) is 0 Å². The molecule has 0 aliphatic rings. The first-order chi connectivity index (χ1) is 10.6. The zero-order valence-corrected chi connectivity index (χ0v) is 13.5. The summed E-state index contributed by atoms with van der Waals surface area (Å²) in [6, 6.07) is 7.84. The molecule has 0 fully saturated rings. The zero-order valence-electron chi connectivity index (χ0n) is 12.7. The number of aryl methyl sites for hydroxylation is 1. The molecule has 0 spiro atoms. The van der Waals surface area contributed by atoms with E-state index in [0.29, 0.717) is 34.1 Å². The molecule has 0 atom stereocenters. The quantitative estimate of drug-likeness (QED) is 0.627. The summed E-state index contributed by atoms with van der Waals surface area (Å²) in [5, 5.41) is 7.13. The van der Waals surface area contributed by atoms with E-state index in [4.69, 9.17) is 4.74 Å². The van der Waals surface area contributed by atoms with Gasteiger partial charge in [0.05, 0.1) is 12.2 Å². The summed E-state index contributed by atoms with van der Waals surface area (Å²) in [6.07, 6.45) is 0.601. The predicted molar refractivity (Wildman–Crippen MR) is 89.2 cm³/mol. The normalized spacial score (nSPS) is 10.1. The monoisotopic (exact) mass is 318 g/mol. The third-order valence-corrected chi connectivity index (χ3v) is 4.26. The number of ether oxygens (including phenoxy) is 1. The van der Waals surface area contributed by atoms with Gasteiger partial charge in [0, 0.05) is 11.3 Å². The molecule has 0 saturated carbocycles. The molecular weight excluding hydrogens is 300 g/mol. The Hall–Kier alpha value is -2.34. The minimum absolute atomic E-state index is 0.300. The van der Waals surface area contributed by atoms with E-state index >= 15 is 0 Å². The van der Waals surface area contributed by atoms with Gasteiger partial charge in [-0.15, -0.1) is 0 Å². The summed E-state index contributed by atoms with van der Waals surface area (Å²) in [5.74, 6) is -0.398. The molecule has 2 aromatic rings. The number of carbonyl (C=O) groups excluding carboxylic acids is 2. The van der Waals surface area contributed by atoms with Crippen LogP contribution < -0.4 is 10.6 Å². The third kappa shape index (κ3) is 3.46. The van der Waals surface area contributed by atoms with E-state index in [1.54, 1.807) is 13.8 Å². The van der Waals surface area contributed by atoms with Gasteiger partial charge in [-0.3, -0.25) is 4.79 Å². The second-order valence-electron chi connectivity index (χ2n) is 4.73. The highest BCUT2D eigenvalue weighted by Crippen LogP contribution is 2.39. The van der Waals surface area contributed by atoms with Crippen LogP contribution in [0.15, 0.2) is 24.3 Å². The van der Waals surface area contributed by atoms with Crippen LogP contribution in [0.5, 0.6) is 0 Å². The zero-order chi connectivity index (χ0) is 16.1. The SMILES string of the molecule is CCOC(=O)c1c(Nc2ccc(C)cc2)sc(NC=O)c1C. The van der Waals surface area contributed by atoms with E-state index < -0.39 is 5.97 Å². The maximum Gasteiger partial charge on any atom is 0.341 e. The fourth-order valence-corrected chi connectivity index (χ4v) is 3.08. The molecule has 2 N–H and O–H groups in total. The lowest BCUT2D eigenvalue weighted by molar-refractivity contribution is -0.105. The molecule has 6 heteroatoms. The predicted octanol–water partition coefficient (Wildman–Crippen LogP) is 3.85. The van der Waals surface area contributed by atoms with E-state index in [-0.39, 0.29) is 0 Å². The number of benzene rings is 1. The summed E-state index contributed by atoms with van der Waals surface area (Å²) >= 11 is 1.31. The van der Waals surface area contributed by atoms with Gasteiger partial charge in [0.1, 0.15) is 10.0 Å². The Kier molecular flexibility index (Phi) is 5.16. The van der Waals surface area contributed by atoms with Gasteiger partial charge in [-0.1, -0.05) is 29.0 Å². The van der Waals surface area contributed by atoms with Gasteiger partial charge >= 0.3 is 5.97 Å². The maximum absolute atomic E-state index is 12.2. The lowest BCUT2D eigenvalue weighted by Crippen LogP contribution is -2.07. The minimum Gasteiger partial charge on any atom is -0.462 e. The van der Waals surface area contributed by atoms with Crippen LogP contribution >= 0.6 is 11.3 Å². The average molecular weight is 318 g/mol. The molecule has 0 radical (unpaired) electrons. The minimum atomic E-state index is -0.398. The van der Waals surface area contributed by atoms with Crippen LogP contribution in [-0.4, -0.2) is 19.0 Å². The van der Waals surface area contributed by atoms with Gasteiger partial charge in [-0.05, 0) is 32.9 Å². The van der Waals surface area contributed by atoms with E-state index in [2.05, 4.69) is 10.6 Å². The van der Waals surface area contributed by atoms with Gasteiger partial charge in [0.2, 0.25) is 6.41 Å². The van der Waals surface area contributed by atoms with Crippen LogP contribution in [0.4, 0.5) is 15.7 Å². The molecule has 2 rings (SSSR count). The molecule has 0 unspecified atom stereocenters. The molecule has 0 aliphatic heterocycles. The summed E-state index contributed by atoms with van der Waals surface area (Å²) in [5.41, 5.74) is 3.18. The molecule has 0 bridgehead atoms. The molecule has 22 heavy (non-hydrogen) atoms. The number of nitrogens with one attached hydrogen (secondary N) is 2. The number of esters is 1. The Morgan fingerprint density at radius 2 is 1.91 bits per heavy atom. The highest BCUT2D eigenvalue weighted by molar-refractivity contribution is 7.20. The van der Waals surface area contributed by atoms with E-state index in [1.165, 1.54) is 11.3 Å². The highest BCUT2D eigenvalue weighted by atomic mass is 32.1. The van der Waals surface area contributed by atoms with Crippen LogP contribution in [0.1, 0.15) is 28.4 Å². The van der Waals surface area contributed by atoms with Crippen molar-refractivity contribution in [2.75, 3.05) is 17.2 Å². The molecule has 1 aromatic carbocycles. The smallest absolute Gasteiger partial charge is 0.341 e.